The van der Waals surface area contributed by atoms with E-state index in [-0.39, 0.29) is 0 Å². The van der Waals surface area contributed by atoms with E-state index in [1.165, 1.54) is 38.9 Å². The van der Waals surface area contributed by atoms with Crippen molar-refractivity contribution in [2.45, 2.75) is 26.2 Å². The first-order valence-electron chi connectivity index (χ1n) is 7.24. The molecule has 19 heavy (non-hydrogen) atoms. The predicted molar refractivity (Wildman–Crippen MR) is 78.7 cm³/mol. The summed E-state index contributed by atoms with van der Waals surface area (Å²) in [7, 11) is 1.64. The van der Waals surface area contributed by atoms with E-state index in [9.17, 15) is 0 Å². The minimum absolute atomic E-state index is 0.650. The van der Waals surface area contributed by atoms with Crippen molar-refractivity contribution in [3.05, 3.63) is 18.3 Å². The first-order chi connectivity index (χ1) is 9.28. The maximum absolute atomic E-state index is 5.12. The number of nitrogens with one attached hydrogen (secondary N) is 1. The maximum atomic E-state index is 5.12. The molecule has 0 aliphatic carbocycles. The summed E-state index contributed by atoms with van der Waals surface area (Å²) in [5, 5.41) is 3.46. The van der Waals surface area contributed by atoms with Gasteiger partial charge in [-0.2, -0.15) is 0 Å². The maximum Gasteiger partial charge on any atom is 0.214 e. The number of nitrogens with zero attached hydrogens (tertiary/aromatic N) is 2. The van der Waals surface area contributed by atoms with E-state index in [4.69, 9.17) is 4.74 Å². The Balaban J connectivity index is 1.74. The van der Waals surface area contributed by atoms with Crippen LogP contribution >= 0.6 is 0 Å². The molecule has 1 aromatic rings. The number of rotatable bonds is 6. The van der Waals surface area contributed by atoms with E-state index in [1.54, 1.807) is 13.3 Å². The molecule has 1 aliphatic heterocycles. The van der Waals surface area contributed by atoms with Crippen LogP contribution in [-0.2, 0) is 0 Å². The molecule has 106 valence electrons. The van der Waals surface area contributed by atoms with E-state index in [1.807, 2.05) is 12.1 Å². The average molecular weight is 263 g/mol. The summed E-state index contributed by atoms with van der Waals surface area (Å²) < 4.78 is 5.12. The number of anilines is 1. The molecule has 1 aromatic heterocycles. The van der Waals surface area contributed by atoms with Gasteiger partial charge in [0.05, 0.1) is 7.11 Å². The summed E-state index contributed by atoms with van der Waals surface area (Å²) >= 11 is 0. The van der Waals surface area contributed by atoms with Crippen LogP contribution in [0.15, 0.2) is 18.3 Å². The Kier molecular flexibility index (Phi) is 5.45. The zero-order valence-electron chi connectivity index (χ0n) is 12.1. The standard InChI is InChI=1S/C15H25N3O/c1-13(12-18-8-4-3-5-9-18)11-17-14-6-7-16-15(10-14)19-2/h6-7,10,13H,3-5,8-9,11-12H2,1-2H3,(H,16,17). The topological polar surface area (TPSA) is 37.4 Å². The highest BCUT2D eigenvalue weighted by Crippen LogP contribution is 2.15. The minimum atomic E-state index is 0.650. The fourth-order valence-corrected chi connectivity index (χ4v) is 2.57. The van der Waals surface area contributed by atoms with Crippen molar-refractivity contribution in [1.82, 2.24) is 9.88 Å². The molecule has 0 saturated carbocycles. The van der Waals surface area contributed by atoms with Crippen LogP contribution in [0, 0.1) is 5.92 Å². The fraction of sp³-hybridized carbons (Fsp3) is 0.667. The van der Waals surface area contributed by atoms with Crippen LogP contribution in [0.25, 0.3) is 0 Å². The number of piperidine rings is 1. The van der Waals surface area contributed by atoms with Crippen molar-refractivity contribution in [2.24, 2.45) is 5.92 Å². The van der Waals surface area contributed by atoms with Crippen molar-refractivity contribution < 1.29 is 4.74 Å². The van der Waals surface area contributed by atoms with Gasteiger partial charge >= 0.3 is 0 Å². The second-order valence-corrected chi connectivity index (χ2v) is 5.43. The van der Waals surface area contributed by atoms with Crippen molar-refractivity contribution in [1.29, 1.82) is 0 Å². The van der Waals surface area contributed by atoms with Gasteiger partial charge in [0.1, 0.15) is 0 Å². The molecule has 1 unspecified atom stereocenters. The third-order valence-corrected chi connectivity index (χ3v) is 3.62. The summed E-state index contributed by atoms with van der Waals surface area (Å²) in [4.78, 5) is 6.69. The molecule has 0 radical (unpaired) electrons. The van der Waals surface area contributed by atoms with Crippen LogP contribution in [0.1, 0.15) is 26.2 Å². The molecule has 4 nitrogen and oxygen atoms in total. The lowest BCUT2D eigenvalue weighted by atomic mass is 10.1. The lowest BCUT2D eigenvalue weighted by Gasteiger charge is -2.29. The number of hydrogen-bond donors (Lipinski definition) is 1. The van der Waals surface area contributed by atoms with Gasteiger partial charge in [-0.05, 0) is 37.9 Å². The van der Waals surface area contributed by atoms with Crippen molar-refractivity contribution in [3.8, 4) is 5.88 Å². The first kappa shape index (κ1) is 14.1. The molecular formula is C15H25N3O. The van der Waals surface area contributed by atoms with Gasteiger partial charge < -0.3 is 15.0 Å². The second-order valence-electron chi connectivity index (χ2n) is 5.43. The smallest absolute Gasteiger partial charge is 0.214 e. The second kappa shape index (κ2) is 7.34. The summed E-state index contributed by atoms with van der Waals surface area (Å²) in [5.74, 6) is 1.31. The third kappa shape index (κ3) is 4.71. The number of hydrogen-bond acceptors (Lipinski definition) is 4. The average Bonchev–Trinajstić information content (AvgIpc) is 2.46. The van der Waals surface area contributed by atoms with Gasteiger partial charge in [0.15, 0.2) is 0 Å². The minimum Gasteiger partial charge on any atom is -0.481 e. The SMILES string of the molecule is COc1cc(NCC(C)CN2CCCCC2)ccn1. The van der Waals surface area contributed by atoms with E-state index in [0.29, 0.717) is 11.8 Å². The normalized spacial score (nSPS) is 18.0. The molecule has 1 saturated heterocycles. The van der Waals surface area contributed by atoms with Gasteiger partial charge in [-0.15, -0.1) is 0 Å². The summed E-state index contributed by atoms with van der Waals surface area (Å²) in [5.41, 5.74) is 1.08. The summed E-state index contributed by atoms with van der Waals surface area (Å²) in [6, 6.07) is 3.92. The quantitative estimate of drug-likeness (QED) is 0.856. The number of pyridine rings is 1. The molecule has 1 fully saturated rings. The molecule has 1 atom stereocenters. The predicted octanol–water partition coefficient (Wildman–Crippen LogP) is 2.62. The Morgan fingerprint density at radius 3 is 2.89 bits per heavy atom. The lowest BCUT2D eigenvalue weighted by molar-refractivity contribution is 0.204. The van der Waals surface area contributed by atoms with Gasteiger partial charge in [-0.3, -0.25) is 0 Å². The Bertz CT molecular complexity index is 377. The van der Waals surface area contributed by atoms with Gasteiger partial charge in [-0.1, -0.05) is 13.3 Å². The molecule has 0 aromatic carbocycles. The summed E-state index contributed by atoms with van der Waals surface area (Å²) in [6.45, 7) is 7.03. The van der Waals surface area contributed by atoms with Gasteiger partial charge in [0, 0.05) is 31.0 Å². The molecule has 2 rings (SSSR count). The van der Waals surface area contributed by atoms with Crippen LogP contribution in [0.3, 0.4) is 0 Å². The van der Waals surface area contributed by atoms with Crippen molar-refractivity contribution >= 4 is 5.69 Å². The Morgan fingerprint density at radius 2 is 2.16 bits per heavy atom. The molecule has 2 heterocycles. The molecule has 0 amide bonds. The van der Waals surface area contributed by atoms with Crippen LogP contribution in [0.2, 0.25) is 0 Å². The Hall–Kier alpha value is -1.29. The number of likely N-dealkylation sites (tertiary alicyclic amines) is 1. The van der Waals surface area contributed by atoms with E-state index in [0.717, 1.165) is 12.2 Å². The Labute approximate surface area is 116 Å². The molecule has 0 bridgehead atoms. The number of ether oxygens (including phenoxy) is 1. The van der Waals surface area contributed by atoms with E-state index >= 15 is 0 Å². The van der Waals surface area contributed by atoms with Gasteiger partial charge in [0.2, 0.25) is 5.88 Å². The van der Waals surface area contributed by atoms with E-state index in [2.05, 4.69) is 22.1 Å². The monoisotopic (exact) mass is 263 g/mol. The number of methoxy groups -OCH3 is 1. The van der Waals surface area contributed by atoms with Crippen LogP contribution in [-0.4, -0.2) is 43.2 Å². The third-order valence-electron chi connectivity index (χ3n) is 3.62. The first-order valence-corrected chi connectivity index (χ1v) is 7.24. The lowest BCUT2D eigenvalue weighted by Crippen LogP contribution is -2.35. The zero-order chi connectivity index (χ0) is 13.5. The molecule has 1 N–H and O–H groups in total. The highest BCUT2D eigenvalue weighted by atomic mass is 16.5. The highest BCUT2D eigenvalue weighted by molar-refractivity contribution is 5.44. The van der Waals surface area contributed by atoms with Crippen molar-refractivity contribution in [3.63, 3.8) is 0 Å². The van der Waals surface area contributed by atoms with E-state index < -0.39 is 0 Å². The largest absolute Gasteiger partial charge is 0.481 e. The van der Waals surface area contributed by atoms with Gasteiger partial charge in [0.25, 0.3) is 0 Å². The van der Waals surface area contributed by atoms with Crippen LogP contribution in [0.4, 0.5) is 5.69 Å². The molecule has 0 spiro atoms. The molecule has 1 aliphatic rings. The number of aromatic nitrogens is 1. The molecule has 4 heteroatoms. The molecular weight excluding hydrogens is 238 g/mol. The zero-order valence-corrected chi connectivity index (χ0v) is 12.1. The van der Waals surface area contributed by atoms with Crippen LogP contribution in [0.5, 0.6) is 5.88 Å². The van der Waals surface area contributed by atoms with Gasteiger partial charge in [-0.25, -0.2) is 4.98 Å². The fourth-order valence-electron chi connectivity index (χ4n) is 2.57. The van der Waals surface area contributed by atoms with Crippen molar-refractivity contribution in [2.75, 3.05) is 38.6 Å². The van der Waals surface area contributed by atoms with Crippen LogP contribution < -0.4 is 10.1 Å². The Morgan fingerprint density at radius 1 is 1.37 bits per heavy atom. The highest BCUT2D eigenvalue weighted by Gasteiger charge is 2.13. The summed E-state index contributed by atoms with van der Waals surface area (Å²) in [6.07, 6.45) is 5.90.